The van der Waals surface area contributed by atoms with Crippen molar-refractivity contribution in [1.29, 1.82) is 0 Å². The zero-order valence-corrected chi connectivity index (χ0v) is 23.0. The lowest BCUT2D eigenvalue weighted by molar-refractivity contribution is -0.144. The van der Waals surface area contributed by atoms with E-state index >= 15 is 0 Å². The Morgan fingerprint density at radius 1 is 1.03 bits per heavy atom. The van der Waals surface area contributed by atoms with Crippen molar-refractivity contribution < 1.29 is 28.7 Å². The standard InChI is InChI=1S/C27H43N3O6/c1-9-17-30(25(33)22(18(3)4)29-26(34)36-27(6,7)8)23(20-13-11-19(5)12-14-20)24(32)28-16-15-21(31)35-10-2/h11-14,18,22-23H,9-10,15-17H2,1-8H3,(H,28,32)(H,29,34). The Morgan fingerprint density at radius 3 is 2.14 bits per heavy atom. The van der Waals surface area contributed by atoms with Crippen molar-refractivity contribution in [3.8, 4) is 0 Å². The molecule has 0 aromatic heterocycles. The maximum Gasteiger partial charge on any atom is 0.408 e. The van der Waals surface area contributed by atoms with E-state index in [0.717, 1.165) is 5.56 Å². The summed E-state index contributed by atoms with van der Waals surface area (Å²) in [6.07, 6.45) is -0.0742. The third-order valence-corrected chi connectivity index (χ3v) is 5.24. The van der Waals surface area contributed by atoms with Gasteiger partial charge < -0.3 is 25.0 Å². The van der Waals surface area contributed by atoms with Crippen molar-refractivity contribution in [2.45, 2.75) is 85.9 Å². The first-order valence-corrected chi connectivity index (χ1v) is 12.6. The van der Waals surface area contributed by atoms with Gasteiger partial charge in [0.1, 0.15) is 17.7 Å². The minimum absolute atomic E-state index is 0.0245. The van der Waals surface area contributed by atoms with Crippen LogP contribution in [0.15, 0.2) is 24.3 Å². The smallest absolute Gasteiger partial charge is 0.408 e. The van der Waals surface area contributed by atoms with Crippen molar-refractivity contribution in [3.05, 3.63) is 35.4 Å². The number of hydrogen-bond acceptors (Lipinski definition) is 6. The number of alkyl carbamates (subject to hydrolysis) is 1. The molecule has 0 saturated heterocycles. The van der Waals surface area contributed by atoms with Crippen LogP contribution in [0.5, 0.6) is 0 Å². The summed E-state index contributed by atoms with van der Waals surface area (Å²) in [6.45, 7) is 15.1. The van der Waals surface area contributed by atoms with Crippen molar-refractivity contribution in [3.63, 3.8) is 0 Å². The Morgan fingerprint density at radius 2 is 1.64 bits per heavy atom. The summed E-state index contributed by atoms with van der Waals surface area (Å²) < 4.78 is 10.3. The highest BCUT2D eigenvalue weighted by atomic mass is 16.6. The van der Waals surface area contributed by atoms with E-state index in [1.807, 2.05) is 52.0 Å². The van der Waals surface area contributed by atoms with Gasteiger partial charge in [-0.1, -0.05) is 50.6 Å². The molecule has 0 heterocycles. The van der Waals surface area contributed by atoms with Crippen LogP contribution in [0.1, 0.15) is 78.5 Å². The molecule has 2 atom stereocenters. The fourth-order valence-corrected chi connectivity index (χ4v) is 3.57. The van der Waals surface area contributed by atoms with Crippen molar-refractivity contribution in [1.82, 2.24) is 15.5 Å². The maximum atomic E-state index is 13.8. The number of benzene rings is 1. The maximum absolute atomic E-state index is 13.8. The fraction of sp³-hybridized carbons (Fsp3) is 0.630. The van der Waals surface area contributed by atoms with Crippen LogP contribution in [0.3, 0.4) is 0 Å². The van der Waals surface area contributed by atoms with Gasteiger partial charge in [-0.15, -0.1) is 0 Å². The number of esters is 1. The van der Waals surface area contributed by atoms with Gasteiger partial charge in [-0.3, -0.25) is 14.4 Å². The highest BCUT2D eigenvalue weighted by Gasteiger charge is 2.37. The fourth-order valence-electron chi connectivity index (χ4n) is 3.57. The van der Waals surface area contributed by atoms with E-state index in [1.165, 1.54) is 4.90 Å². The average molecular weight is 506 g/mol. The Balaban J connectivity index is 3.29. The third kappa shape index (κ3) is 10.3. The van der Waals surface area contributed by atoms with Gasteiger partial charge in [0.2, 0.25) is 11.8 Å². The predicted octanol–water partition coefficient (Wildman–Crippen LogP) is 3.89. The Kier molecular flexibility index (Phi) is 12.4. The van der Waals surface area contributed by atoms with E-state index in [4.69, 9.17) is 9.47 Å². The van der Waals surface area contributed by atoms with Crippen molar-refractivity contribution in [2.75, 3.05) is 19.7 Å². The van der Waals surface area contributed by atoms with Gasteiger partial charge in [-0.05, 0) is 52.5 Å². The number of nitrogens with zero attached hydrogens (tertiary/aromatic N) is 1. The summed E-state index contributed by atoms with van der Waals surface area (Å²) in [4.78, 5) is 53.0. The van der Waals surface area contributed by atoms with Gasteiger partial charge in [-0.2, -0.15) is 0 Å². The monoisotopic (exact) mass is 505 g/mol. The van der Waals surface area contributed by atoms with E-state index in [-0.39, 0.29) is 31.4 Å². The van der Waals surface area contributed by atoms with E-state index < -0.39 is 35.7 Å². The second kappa shape index (κ2) is 14.5. The largest absolute Gasteiger partial charge is 0.466 e. The van der Waals surface area contributed by atoms with Crippen LogP contribution in [0.25, 0.3) is 0 Å². The first-order chi connectivity index (χ1) is 16.8. The van der Waals surface area contributed by atoms with E-state index in [9.17, 15) is 19.2 Å². The van der Waals surface area contributed by atoms with Crippen LogP contribution in [-0.2, 0) is 23.9 Å². The van der Waals surface area contributed by atoms with Crippen molar-refractivity contribution >= 4 is 23.9 Å². The molecule has 2 N–H and O–H groups in total. The van der Waals surface area contributed by atoms with Gasteiger partial charge in [0.05, 0.1) is 13.0 Å². The van der Waals surface area contributed by atoms with Crippen LogP contribution in [0.2, 0.25) is 0 Å². The van der Waals surface area contributed by atoms with Gasteiger partial charge in [0, 0.05) is 13.1 Å². The number of carbonyl (C=O) groups is 4. The van der Waals surface area contributed by atoms with Crippen molar-refractivity contribution in [2.24, 2.45) is 5.92 Å². The first kappa shape index (κ1) is 30.9. The molecule has 1 rings (SSSR count). The molecule has 0 aliphatic rings. The molecule has 9 heteroatoms. The lowest BCUT2D eigenvalue weighted by Crippen LogP contribution is -2.55. The van der Waals surface area contributed by atoms with Crippen LogP contribution >= 0.6 is 0 Å². The van der Waals surface area contributed by atoms with Gasteiger partial charge in [0.25, 0.3) is 0 Å². The minimum Gasteiger partial charge on any atom is -0.466 e. The number of amides is 3. The van der Waals surface area contributed by atoms with Crippen LogP contribution in [-0.4, -0.2) is 60.1 Å². The van der Waals surface area contributed by atoms with Gasteiger partial charge >= 0.3 is 12.1 Å². The van der Waals surface area contributed by atoms with E-state index in [1.54, 1.807) is 27.7 Å². The summed E-state index contributed by atoms with van der Waals surface area (Å²) in [7, 11) is 0. The molecule has 0 spiro atoms. The Hall–Kier alpha value is -3.10. The number of hydrogen-bond donors (Lipinski definition) is 2. The predicted molar refractivity (Wildman–Crippen MR) is 138 cm³/mol. The summed E-state index contributed by atoms with van der Waals surface area (Å²) in [5.41, 5.74) is 0.928. The Bertz CT molecular complexity index is 876. The zero-order chi connectivity index (χ0) is 27.5. The lowest BCUT2D eigenvalue weighted by atomic mass is 9.98. The summed E-state index contributed by atoms with van der Waals surface area (Å²) in [5, 5.41) is 5.47. The van der Waals surface area contributed by atoms with E-state index in [2.05, 4.69) is 10.6 Å². The second-order valence-electron chi connectivity index (χ2n) is 10.1. The molecule has 9 nitrogen and oxygen atoms in total. The van der Waals surface area contributed by atoms with Crippen LogP contribution < -0.4 is 10.6 Å². The minimum atomic E-state index is -0.943. The highest BCUT2D eigenvalue weighted by Crippen LogP contribution is 2.25. The zero-order valence-electron chi connectivity index (χ0n) is 23.0. The van der Waals surface area contributed by atoms with Gasteiger partial charge in [0.15, 0.2) is 0 Å². The second-order valence-corrected chi connectivity index (χ2v) is 10.1. The molecule has 0 aliphatic carbocycles. The molecule has 1 aromatic carbocycles. The molecule has 202 valence electrons. The third-order valence-electron chi connectivity index (χ3n) is 5.24. The molecular weight excluding hydrogens is 462 g/mol. The molecule has 0 radical (unpaired) electrons. The summed E-state index contributed by atoms with van der Waals surface area (Å²) >= 11 is 0. The summed E-state index contributed by atoms with van der Waals surface area (Å²) in [6, 6.07) is 5.54. The lowest BCUT2D eigenvalue weighted by Gasteiger charge is -2.35. The quantitative estimate of drug-likeness (QED) is 0.417. The highest BCUT2D eigenvalue weighted by molar-refractivity contribution is 5.92. The Labute approximate surface area is 215 Å². The average Bonchev–Trinajstić information content (AvgIpc) is 2.76. The first-order valence-electron chi connectivity index (χ1n) is 12.6. The SMILES string of the molecule is CCCN(C(=O)C(NC(=O)OC(C)(C)C)C(C)C)C(C(=O)NCCC(=O)OCC)c1ccc(C)cc1. The molecule has 1 aromatic rings. The van der Waals surface area contributed by atoms with Crippen LogP contribution in [0.4, 0.5) is 4.79 Å². The number of nitrogens with one attached hydrogen (secondary N) is 2. The number of rotatable bonds is 12. The van der Waals surface area contributed by atoms with Gasteiger partial charge in [-0.25, -0.2) is 4.79 Å². The number of ether oxygens (including phenoxy) is 2. The van der Waals surface area contributed by atoms with E-state index in [0.29, 0.717) is 18.5 Å². The molecule has 0 aliphatic heterocycles. The molecule has 0 fully saturated rings. The molecule has 3 amide bonds. The summed E-state index contributed by atoms with van der Waals surface area (Å²) in [5.74, 6) is -1.46. The molecule has 0 saturated carbocycles. The normalized spacial score (nSPS) is 12.9. The number of carbonyl (C=O) groups excluding carboxylic acids is 4. The van der Waals surface area contributed by atoms with Crippen LogP contribution in [0, 0.1) is 12.8 Å². The molecular formula is C27H43N3O6. The number of aryl methyl sites for hydroxylation is 1. The topological polar surface area (TPSA) is 114 Å². The molecule has 36 heavy (non-hydrogen) atoms. The molecule has 0 bridgehead atoms. The molecule has 2 unspecified atom stereocenters.